The van der Waals surface area contributed by atoms with Gasteiger partial charge in [-0.15, -0.1) is 0 Å². The molecule has 0 saturated carbocycles. The Bertz CT molecular complexity index is 557. The molecule has 2 atom stereocenters. The maximum Gasteiger partial charge on any atom is 0.241 e. The smallest absolute Gasteiger partial charge is 0.241 e. The van der Waals surface area contributed by atoms with Gasteiger partial charge in [0.25, 0.3) is 0 Å². The van der Waals surface area contributed by atoms with Crippen molar-refractivity contribution >= 4 is 22.4 Å². The van der Waals surface area contributed by atoms with Crippen LogP contribution in [0.2, 0.25) is 38.3 Å². The van der Waals surface area contributed by atoms with Gasteiger partial charge in [0, 0.05) is 6.54 Å². The Morgan fingerprint density at radius 1 is 1.05 bits per heavy atom. The summed E-state index contributed by atoms with van der Waals surface area (Å²) in [5.41, 5.74) is 1.23. The quantitative estimate of drug-likeness (QED) is 0.625. The van der Waals surface area contributed by atoms with Crippen LogP contribution in [0.5, 0.6) is 0 Å². The summed E-state index contributed by atoms with van der Waals surface area (Å²) in [6, 6.07) is 13.6. The minimum Gasteiger partial charge on any atom is -0.333 e. The molecular formula is C17H28N2OSi2. The third-order valence-corrected chi connectivity index (χ3v) is 15.9. The summed E-state index contributed by atoms with van der Waals surface area (Å²) in [6.07, 6.45) is 0. The molecule has 120 valence electrons. The van der Waals surface area contributed by atoms with Crippen LogP contribution in [0.1, 0.15) is 12.5 Å². The molecule has 2 aliphatic heterocycles. The normalized spacial score (nSPS) is 30.4. The first-order valence-corrected chi connectivity index (χ1v) is 14.7. The van der Waals surface area contributed by atoms with Crippen molar-refractivity contribution in [2.45, 2.75) is 63.8 Å². The molecule has 5 heteroatoms. The van der Waals surface area contributed by atoms with Crippen LogP contribution in [-0.4, -0.2) is 43.6 Å². The summed E-state index contributed by atoms with van der Waals surface area (Å²) in [7, 11) is -2.79. The molecule has 3 nitrogen and oxygen atoms in total. The Balaban J connectivity index is 1.77. The van der Waals surface area contributed by atoms with Crippen molar-refractivity contribution in [3.8, 4) is 0 Å². The summed E-state index contributed by atoms with van der Waals surface area (Å²) < 4.78 is 2.76. The van der Waals surface area contributed by atoms with E-state index in [1.165, 1.54) is 17.7 Å². The van der Waals surface area contributed by atoms with E-state index in [2.05, 4.69) is 54.4 Å². The van der Waals surface area contributed by atoms with E-state index in [1.54, 1.807) is 0 Å². The van der Waals surface area contributed by atoms with Gasteiger partial charge in [-0.05, 0) is 24.6 Å². The van der Waals surface area contributed by atoms with Gasteiger partial charge in [-0.1, -0.05) is 56.5 Å². The maximum absolute atomic E-state index is 12.9. The number of carbonyl (C=O) groups excluding carboxylic acids is 1. The van der Waals surface area contributed by atoms with E-state index in [0.29, 0.717) is 11.9 Å². The summed E-state index contributed by atoms with van der Waals surface area (Å²) in [4.78, 5) is 14.9. The number of rotatable bonds is 3. The van der Waals surface area contributed by atoms with E-state index in [4.69, 9.17) is 0 Å². The molecular weight excluding hydrogens is 304 g/mol. The second-order valence-electron chi connectivity index (χ2n) is 8.13. The van der Waals surface area contributed by atoms with Crippen molar-refractivity contribution in [1.29, 1.82) is 0 Å². The SMILES string of the molecule is C[C@H]1[C@H](N2[Si](C)(C)CC[Si]2(C)C)C(=O)N1Cc1ccccc1. The summed E-state index contributed by atoms with van der Waals surface area (Å²) >= 11 is 0. The van der Waals surface area contributed by atoms with Gasteiger partial charge < -0.3 is 9.13 Å². The van der Waals surface area contributed by atoms with Gasteiger partial charge in [0.2, 0.25) is 5.91 Å². The van der Waals surface area contributed by atoms with Crippen LogP contribution in [0, 0.1) is 0 Å². The van der Waals surface area contributed by atoms with Crippen molar-refractivity contribution in [3.63, 3.8) is 0 Å². The Morgan fingerprint density at radius 2 is 1.59 bits per heavy atom. The zero-order valence-corrected chi connectivity index (χ0v) is 16.5. The van der Waals surface area contributed by atoms with Crippen molar-refractivity contribution < 1.29 is 4.79 Å². The van der Waals surface area contributed by atoms with E-state index in [-0.39, 0.29) is 6.04 Å². The van der Waals surface area contributed by atoms with E-state index in [0.717, 1.165) is 6.54 Å². The Labute approximate surface area is 136 Å². The lowest BCUT2D eigenvalue weighted by atomic mass is 9.97. The first-order chi connectivity index (χ1) is 10.2. The molecule has 0 aliphatic carbocycles. The highest BCUT2D eigenvalue weighted by molar-refractivity contribution is 6.95. The van der Waals surface area contributed by atoms with Crippen molar-refractivity contribution in [3.05, 3.63) is 35.9 Å². The number of hydrogen-bond acceptors (Lipinski definition) is 2. The fourth-order valence-electron chi connectivity index (χ4n) is 4.42. The average Bonchev–Trinajstić information content (AvgIpc) is 2.69. The number of amides is 1. The van der Waals surface area contributed by atoms with Crippen LogP contribution in [0.25, 0.3) is 0 Å². The van der Waals surface area contributed by atoms with Crippen LogP contribution in [0.3, 0.4) is 0 Å². The number of nitrogens with zero attached hydrogens (tertiary/aromatic N) is 2. The van der Waals surface area contributed by atoms with E-state index in [9.17, 15) is 4.79 Å². The number of carbonyl (C=O) groups is 1. The monoisotopic (exact) mass is 332 g/mol. The third kappa shape index (κ3) is 2.49. The molecule has 0 radical (unpaired) electrons. The predicted octanol–water partition coefficient (Wildman–Crippen LogP) is 3.51. The third-order valence-electron chi connectivity index (χ3n) is 5.61. The van der Waals surface area contributed by atoms with Gasteiger partial charge >= 0.3 is 0 Å². The second kappa shape index (κ2) is 5.32. The minimum atomic E-state index is -1.40. The number of benzene rings is 1. The molecule has 1 aromatic carbocycles. The summed E-state index contributed by atoms with van der Waals surface area (Å²) in [5, 5.41) is 0. The Morgan fingerprint density at radius 3 is 2.09 bits per heavy atom. The number of likely N-dealkylation sites (tertiary alicyclic amines) is 1. The van der Waals surface area contributed by atoms with Crippen LogP contribution in [-0.2, 0) is 11.3 Å². The fourth-order valence-corrected chi connectivity index (χ4v) is 19.2. The van der Waals surface area contributed by atoms with Gasteiger partial charge in [0.05, 0.1) is 12.1 Å². The highest BCUT2D eigenvalue weighted by atomic mass is 28.4. The highest BCUT2D eigenvalue weighted by Crippen LogP contribution is 2.43. The Hall–Kier alpha value is -0.916. The first kappa shape index (κ1) is 16.0. The minimum absolute atomic E-state index is 0.162. The molecule has 0 N–H and O–H groups in total. The van der Waals surface area contributed by atoms with Crippen LogP contribution in [0.15, 0.2) is 30.3 Å². The van der Waals surface area contributed by atoms with Crippen LogP contribution >= 0.6 is 0 Å². The standard InChI is InChI=1S/C17H28N2OSi2/c1-14-16(19-21(2,3)11-12-22(19,4)5)17(20)18(14)13-15-9-7-6-8-10-15/h6-10,14,16H,11-13H2,1-5H3/t14-,16-/m0/s1. The highest BCUT2D eigenvalue weighted by Gasteiger charge is 2.58. The zero-order chi connectivity index (χ0) is 16.1. The molecule has 1 amide bonds. The second-order valence-corrected chi connectivity index (χ2v) is 17.8. The molecule has 2 heterocycles. The van der Waals surface area contributed by atoms with E-state index >= 15 is 0 Å². The molecule has 2 fully saturated rings. The molecule has 3 rings (SSSR count). The predicted molar refractivity (Wildman–Crippen MR) is 96.7 cm³/mol. The van der Waals surface area contributed by atoms with Gasteiger partial charge in [0.15, 0.2) is 0 Å². The lowest BCUT2D eigenvalue weighted by Gasteiger charge is -2.56. The molecule has 0 bridgehead atoms. The first-order valence-electron chi connectivity index (χ1n) is 8.38. The summed E-state index contributed by atoms with van der Waals surface area (Å²) in [5.74, 6) is 0.361. The lowest BCUT2D eigenvalue weighted by molar-refractivity contribution is -0.153. The van der Waals surface area contributed by atoms with E-state index in [1.807, 2.05) is 18.2 Å². The summed E-state index contributed by atoms with van der Waals surface area (Å²) in [6.45, 7) is 12.8. The van der Waals surface area contributed by atoms with Crippen molar-refractivity contribution in [2.75, 3.05) is 0 Å². The fraction of sp³-hybridized carbons (Fsp3) is 0.588. The maximum atomic E-state index is 12.9. The molecule has 1 aromatic rings. The van der Waals surface area contributed by atoms with Gasteiger partial charge in [-0.2, -0.15) is 0 Å². The molecule has 0 spiro atoms. The van der Waals surface area contributed by atoms with Crippen LogP contribution in [0.4, 0.5) is 0 Å². The van der Waals surface area contributed by atoms with Crippen molar-refractivity contribution in [1.82, 2.24) is 9.13 Å². The van der Waals surface area contributed by atoms with Crippen molar-refractivity contribution in [2.24, 2.45) is 0 Å². The van der Waals surface area contributed by atoms with Gasteiger partial charge in [-0.3, -0.25) is 4.79 Å². The molecule has 0 aromatic heterocycles. The molecule has 22 heavy (non-hydrogen) atoms. The topological polar surface area (TPSA) is 23.6 Å². The largest absolute Gasteiger partial charge is 0.333 e. The number of hydrogen-bond donors (Lipinski definition) is 0. The Kier molecular flexibility index (Phi) is 3.86. The molecule has 2 aliphatic rings. The van der Waals surface area contributed by atoms with Gasteiger partial charge in [-0.25, -0.2) is 0 Å². The molecule has 0 unspecified atom stereocenters. The van der Waals surface area contributed by atoms with E-state index < -0.39 is 16.5 Å². The average molecular weight is 333 g/mol. The van der Waals surface area contributed by atoms with Gasteiger partial charge in [0.1, 0.15) is 16.5 Å². The number of β-lactam (4-membered cyclic amide) rings is 1. The van der Waals surface area contributed by atoms with Crippen LogP contribution < -0.4 is 0 Å². The molecule has 2 saturated heterocycles. The lowest BCUT2D eigenvalue weighted by Crippen LogP contribution is -2.75. The zero-order valence-electron chi connectivity index (χ0n) is 14.5.